The normalized spacial score (nSPS) is 18.1. The van der Waals surface area contributed by atoms with Gasteiger partial charge >= 0.3 is 0 Å². The molecule has 0 unspecified atom stereocenters. The van der Waals surface area contributed by atoms with Crippen molar-refractivity contribution in [2.24, 2.45) is 0 Å². The molecule has 2 heterocycles. The molecule has 2 aromatic rings. The van der Waals surface area contributed by atoms with E-state index in [0.29, 0.717) is 23.6 Å². The van der Waals surface area contributed by atoms with E-state index in [-0.39, 0.29) is 17.8 Å². The number of likely N-dealkylation sites (tertiary alicyclic amines) is 1. The molecule has 1 aromatic carbocycles. The highest BCUT2D eigenvalue weighted by molar-refractivity contribution is 7.99. The zero-order chi connectivity index (χ0) is 16.1. The van der Waals surface area contributed by atoms with Crippen LogP contribution in [0, 0.1) is 5.82 Å². The third-order valence-corrected chi connectivity index (χ3v) is 5.02. The molecule has 1 saturated heterocycles. The van der Waals surface area contributed by atoms with Crippen LogP contribution in [0.5, 0.6) is 0 Å². The van der Waals surface area contributed by atoms with Crippen LogP contribution in [0.15, 0.2) is 41.8 Å². The second-order valence-electron chi connectivity index (χ2n) is 5.54. The zero-order valence-corrected chi connectivity index (χ0v) is 13.6. The number of nitrogens with zero attached hydrogens (tertiary/aromatic N) is 4. The lowest BCUT2D eigenvalue weighted by atomic mass is 10.1. The van der Waals surface area contributed by atoms with Gasteiger partial charge in [-0.05, 0) is 25.0 Å². The van der Waals surface area contributed by atoms with E-state index in [0.717, 1.165) is 19.4 Å². The van der Waals surface area contributed by atoms with Crippen LogP contribution in [0.3, 0.4) is 0 Å². The fourth-order valence-electron chi connectivity index (χ4n) is 2.77. The topological polar surface area (TPSA) is 51.0 Å². The molecule has 0 N–H and O–H groups in total. The van der Waals surface area contributed by atoms with Gasteiger partial charge in [-0.1, -0.05) is 12.1 Å². The van der Waals surface area contributed by atoms with E-state index in [4.69, 9.17) is 0 Å². The van der Waals surface area contributed by atoms with Crippen molar-refractivity contribution >= 4 is 17.7 Å². The fraction of sp³-hybridized carbons (Fsp3) is 0.438. The van der Waals surface area contributed by atoms with Gasteiger partial charge in [-0.2, -0.15) is 5.10 Å². The fourth-order valence-corrected chi connectivity index (χ4v) is 3.65. The average molecular weight is 334 g/mol. The molecule has 122 valence electrons. The Morgan fingerprint density at radius 3 is 3.04 bits per heavy atom. The van der Waals surface area contributed by atoms with Crippen LogP contribution in [0.1, 0.15) is 25.3 Å². The Bertz CT molecular complexity index is 649. The van der Waals surface area contributed by atoms with Gasteiger partial charge in [-0.3, -0.25) is 4.79 Å². The van der Waals surface area contributed by atoms with Crippen LogP contribution in [-0.2, 0) is 4.79 Å². The Balaban J connectivity index is 1.49. The number of hydrogen-bond donors (Lipinski definition) is 0. The predicted octanol–water partition coefficient (Wildman–Crippen LogP) is 2.76. The summed E-state index contributed by atoms with van der Waals surface area (Å²) in [6.07, 6.45) is 5.62. The van der Waals surface area contributed by atoms with Gasteiger partial charge in [-0.15, -0.1) is 11.8 Å². The third kappa shape index (κ3) is 4.10. The summed E-state index contributed by atoms with van der Waals surface area (Å²) in [4.78, 5) is 18.8. The van der Waals surface area contributed by atoms with Crippen molar-refractivity contribution < 1.29 is 9.18 Å². The minimum Gasteiger partial charge on any atom is -0.341 e. The van der Waals surface area contributed by atoms with E-state index in [1.54, 1.807) is 24.5 Å². The molecule has 0 spiro atoms. The van der Waals surface area contributed by atoms with Crippen molar-refractivity contribution in [2.75, 3.05) is 18.8 Å². The van der Waals surface area contributed by atoms with Gasteiger partial charge in [0.1, 0.15) is 18.5 Å². The molecule has 3 rings (SSSR count). The number of halogens is 1. The molecule has 1 aliphatic rings. The van der Waals surface area contributed by atoms with Crippen molar-refractivity contribution in [3.05, 3.63) is 42.7 Å². The lowest BCUT2D eigenvalue weighted by Gasteiger charge is -2.32. The average Bonchev–Trinajstić information content (AvgIpc) is 3.11. The monoisotopic (exact) mass is 334 g/mol. The Labute approximate surface area is 138 Å². The van der Waals surface area contributed by atoms with Crippen LogP contribution in [0.4, 0.5) is 4.39 Å². The molecule has 5 nitrogen and oxygen atoms in total. The summed E-state index contributed by atoms with van der Waals surface area (Å²) in [5, 5.41) is 4.17. The van der Waals surface area contributed by atoms with Crippen LogP contribution in [0.2, 0.25) is 0 Å². The SMILES string of the molecule is O=C(CCSc1ccccc1F)N1CCC[C@@H](n2cncn2)C1. The predicted molar refractivity (Wildman–Crippen MR) is 86.6 cm³/mol. The lowest BCUT2D eigenvalue weighted by molar-refractivity contribution is -0.132. The van der Waals surface area contributed by atoms with Crippen LogP contribution < -0.4 is 0 Å². The van der Waals surface area contributed by atoms with E-state index in [2.05, 4.69) is 10.1 Å². The van der Waals surface area contributed by atoms with Crippen molar-refractivity contribution in [3.63, 3.8) is 0 Å². The van der Waals surface area contributed by atoms with E-state index in [1.165, 1.54) is 24.2 Å². The van der Waals surface area contributed by atoms with Gasteiger partial charge in [-0.25, -0.2) is 14.1 Å². The number of piperidine rings is 1. The highest BCUT2D eigenvalue weighted by Crippen LogP contribution is 2.24. The number of carbonyl (C=O) groups excluding carboxylic acids is 1. The van der Waals surface area contributed by atoms with Gasteiger partial charge in [0.25, 0.3) is 0 Å². The summed E-state index contributed by atoms with van der Waals surface area (Å²) in [5.74, 6) is 0.484. The highest BCUT2D eigenvalue weighted by atomic mass is 32.2. The largest absolute Gasteiger partial charge is 0.341 e. The smallest absolute Gasteiger partial charge is 0.223 e. The molecule has 0 radical (unpaired) electrons. The number of thioether (sulfide) groups is 1. The van der Waals surface area contributed by atoms with Crippen molar-refractivity contribution in [1.29, 1.82) is 0 Å². The molecule has 1 aromatic heterocycles. The molecule has 0 aliphatic carbocycles. The van der Waals surface area contributed by atoms with Crippen LogP contribution >= 0.6 is 11.8 Å². The summed E-state index contributed by atoms with van der Waals surface area (Å²) >= 11 is 1.39. The molecule has 1 amide bonds. The number of aromatic nitrogens is 3. The molecular formula is C16H19FN4OS. The maximum absolute atomic E-state index is 13.5. The first-order chi connectivity index (χ1) is 11.2. The third-order valence-electron chi connectivity index (χ3n) is 3.97. The van der Waals surface area contributed by atoms with Gasteiger partial charge in [0, 0.05) is 30.2 Å². The maximum atomic E-state index is 13.5. The Morgan fingerprint density at radius 2 is 2.26 bits per heavy atom. The summed E-state index contributed by atoms with van der Waals surface area (Å²) in [5.41, 5.74) is 0. The molecule has 1 fully saturated rings. The van der Waals surface area contributed by atoms with Crippen molar-refractivity contribution in [1.82, 2.24) is 19.7 Å². The van der Waals surface area contributed by atoms with Gasteiger partial charge in [0.15, 0.2) is 0 Å². The van der Waals surface area contributed by atoms with E-state index in [1.807, 2.05) is 9.58 Å². The van der Waals surface area contributed by atoms with Crippen molar-refractivity contribution in [3.8, 4) is 0 Å². The van der Waals surface area contributed by atoms with Gasteiger partial charge in [0.05, 0.1) is 6.04 Å². The summed E-state index contributed by atoms with van der Waals surface area (Å²) in [6.45, 7) is 1.46. The first kappa shape index (κ1) is 16.0. The summed E-state index contributed by atoms with van der Waals surface area (Å²) in [6, 6.07) is 6.86. The maximum Gasteiger partial charge on any atom is 0.223 e. The van der Waals surface area contributed by atoms with E-state index < -0.39 is 0 Å². The number of benzene rings is 1. The highest BCUT2D eigenvalue weighted by Gasteiger charge is 2.24. The quantitative estimate of drug-likeness (QED) is 0.789. The minimum absolute atomic E-state index is 0.124. The molecule has 23 heavy (non-hydrogen) atoms. The molecule has 7 heteroatoms. The summed E-state index contributed by atoms with van der Waals surface area (Å²) in [7, 11) is 0. The second-order valence-corrected chi connectivity index (χ2v) is 6.68. The van der Waals surface area contributed by atoms with E-state index >= 15 is 0 Å². The lowest BCUT2D eigenvalue weighted by Crippen LogP contribution is -2.41. The first-order valence-electron chi connectivity index (χ1n) is 7.73. The number of rotatable bonds is 5. The van der Waals surface area contributed by atoms with Crippen LogP contribution in [-0.4, -0.2) is 44.4 Å². The Morgan fingerprint density at radius 1 is 1.39 bits per heavy atom. The Kier molecular flexibility index (Phi) is 5.27. The molecule has 0 bridgehead atoms. The zero-order valence-electron chi connectivity index (χ0n) is 12.8. The van der Waals surface area contributed by atoms with E-state index in [9.17, 15) is 9.18 Å². The minimum atomic E-state index is -0.228. The molecule has 1 aliphatic heterocycles. The standard InChI is InChI=1S/C16H19FN4OS/c17-14-5-1-2-6-15(14)23-9-7-16(22)20-8-3-4-13(10-20)21-12-18-11-19-21/h1-2,5-6,11-13H,3-4,7-10H2/t13-/m1/s1. The second kappa shape index (κ2) is 7.59. The number of amides is 1. The molecule has 1 atom stereocenters. The summed E-state index contributed by atoms with van der Waals surface area (Å²) < 4.78 is 15.4. The molecule has 0 saturated carbocycles. The Hall–Kier alpha value is -1.89. The molecular weight excluding hydrogens is 315 g/mol. The van der Waals surface area contributed by atoms with Gasteiger partial charge in [0.2, 0.25) is 5.91 Å². The van der Waals surface area contributed by atoms with Gasteiger partial charge < -0.3 is 4.90 Å². The number of carbonyl (C=O) groups is 1. The van der Waals surface area contributed by atoms with Crippen molar-refractivity contribution in [2.45, 2.75) is 30.2 Å². The first-order valence-corrected chi connectivity index (χ1v) is 8.72. The number of hydrogen-bond acceptors (Lipinski definition) is 4. The van der Waals surface area contributed by atoms with Crippen LogP contribution in [0.25, 0.3) is 0 Å².